The number of rotatable bonds is 2. The van der Waals surface area contributed by atoms with E-state index in [1.54, 1.807) is 0 Å². The van der Waals surface area contributed by atoms with Crippen molar-refractivity contribution in [2.75, 3.05) is 6.16 Å². The molecule has 0 rings (SSSR count). The van der Waals surface area contributed by atoms with Gasteiger partial charge in [-0.05, 0) is 0 Å². The highest BCUT2D eigenvalue weighted by molar-refractivity contribution is 7.52. The molecule has 0 aromatic carbocycles. The van der Waals surface area contributed by atoms with Crippen LogP contribution in [0.3, 0.4) is 0 Å². The van der Waals surface area contributed by atoms with Crippen LogP contribution in [0.15, 0.2) is 0 Å². The van der Waals surface area contributed by atoms with Crippen molar-refractivity contribution < 1.29 is 14.1 Å². The third-order valence-electron chi connectivity index (χ3n) is 0.564. The molecule has 0 fully saturated rings. The van der Waals surface area contributed by atoms with E-state index in [-0.39, 0.29) is 6.16 Å². The fraction of sp³-hybridized carbons (Fsp3) is 1.00. The molecule has 0 radical (unpaired) electrons. The van der Waals surface area contributed by atoms with Crippen molar-refractivity contribution in [1.82, 2.24) is 0 Å². The SMILES string of the molecule is CCP(=O)(O)ON. The van der Waals surface area contributed by atoms with Gasteiger partial charge in [0.05, 0.1) is 0 Å². The van der Waals surface area contributed by atoms with Crippen molar-refractivity contribution >= 4 is 7.60 Å². The molecule has 1 unspecified atom stereocenters. The summed E-state index contributed by atoms with van der Waals surface area (Å²) in [6, 6.07) is 0. The third kappa shape index (κ3) is 2.76. The molecule has 1 atom stereocenters. The second-order valence-corrected chi connectivity index (χ2v) is 3.18. The minimum absolute atomic E-state index is 0.0590. The topological polar surface area (TPSA) is 72.5 Å². The van der Waals surface area contributed by atoms with Crippen molar-refractivity contribution in [2.45, 2.75) is 6.92 Å². The predicted molar refractivity (Wildman–Crippen MR) is 25.6 cm³/mol. The maximum absolute atomic E-state index is 10.2. The highest BCUT2D eigenvalue weighted by Crippen LogP contribution is 2.38. The van der Waals surface area contributed by atoms with Gasteiger partial charge in [-0.2, -0.15) is 0 Å². The Morgan fingerprint density at radius 3 is 2.43 bits per heavy atom. The van der Waals surface area contributed by atoms with E-state index in [2.05, 4.69) is 10.5 Å². The van der Waals surface area contributed by atoms with Crippen LogP contribution >= 0.6 is 7.60 Å². The van der Waals surface area contributed by atoms with E-state index in [0.29, 0.717) is 0 Å². The van der Waals surface area contributed by atoms with Crippen LogP contribution in [-0.4, -0.2) is 11.1 Å². The van der Waals surface area contributed by atoms with Crippen LogP contribution in [0, 0.1) is 0 Å². The Hall–Kier alpha value is 0.110. The third-order valence-corrected chi connectivity index (χ3v) is 1.69. The van der Waals surface area contributed by atoms with Crippen molar-refractivity contribution in [2.24, 2.45) is 5.90 Å². The summed E-state index contributed by atoms with van der Waals surface area (Å²) in [5.41, 5.74) is 0. The van der Waals surface area contributed by atoms with Crippen LogP contribution in [0.25, 0.3) is 0 Å². The van der Waals surface area contributed by atoms with E-state index in [0.717, 1.165) is 0 Å². The summed E-state index contributed by atoms with van der Waals surface area (Å²) in [5, 5.41) is 0. The summed E-state index contributed by atoms with van der Waals surface area (Å²) in [6.07, 6.45) is 0.0590. The van der Waals surface area contributed by atoms with Crippen LogP contribution in [0.2, 0.25) is 0 Å². The average Bonchev–Trinajstić information content (AvgIpc) is 1.68. The zero-order valence-corrected chi connectivity index (χ0v) is 4.89. The summed E-state index contributed by atoms with van der Waals surface area (Å²) in [5.74, 6) is 4.40. The lowest BCUT2D eigenvalue weighted by atomic mass is 11.0. The standard InChI is InChI=1S/C2H8NO3P/c1-2-7(4,5)6-3/h2-3H2,1H3,(H,4,5). The maximum Gasteiger partial charge on any atom is 0.343 e. The largest absolute Gasteiger partial charge is 0.343 e. The molecular formula is C2H8NO3P. The number of hydrogen-bond donors (Lipinski definition) is 2. The molecule has 0 bridgehead atoms. The molecule has 44 valence electrons. The monoisotopic (exact) mass is 125 g/mol. The summed E-state index contributed by atoms with van der Waals surface area (Å²) in [7, 11) is -3.38. The minimum atomic E-state index is -3.38. The zero-order chi connectivity index (χ0) is 5.91. The molecule has 0 saturated heterocycles. The van der Waals surface area contributed by atoms with Crippen molar-refractivity contribution in [3.63, 3.8) is 0 Å². The second-order valence-electron chi connectivity index (χ2n) is 1.06. The molecule has 0 heterocycles. The van der Waals surface area contributed by atoms with Crippen molar-refractivity contribution in [3.8, 4) is 0 Å². The van der Waals surface area contributed by atoms with Crippen LogP contribution in [0.4, 0.5) is 0 Å². The first-order chi connectivity index (χ1) is 3.12. The second kappa shape index (κ2) is 2.43. The maximum atomic E-state index is 10.2. The summed E-state index contributed by atoms with van der Waals surface area (Å²) in [6.45, 7) is 1.52. The fourth-order valence-electron chi connectivity index (χ4n) is 0.0745. The Morgan fingerprint density at radius 1 is 2.00 bits per heavy atom. The summed E-state index contributed by atoms with van der Waals surface area (Å²) >= 11 is 0. The molecule has 0 aromatic heterocycles. The van der Waals surface area contributed by atoms with Gasteiger partial charge in [-0.1, -0.05) is 6.92 Å². The van der Waals surface area contributed by atoms with Crippen LogP contribution in [0.1, 0.15) is 6.92 Å². The lowest BCUT2D eigenvalue weighted by Gasteiger charge is -2.00. The molecule has 3 N–H and O–H groups in total. The number of nitrogens with two attached hydrogens (primary N) is 1. The Bertz CT molecular complexity index is 84.9. The van der Waals surface area contributed by atoms with Gasteiger partial charge in [0, 0.05) is 6.16 Å². The summed E-state index contributed by atoms with van der Waals surface area (Å²) in [4.78, 5) is 8.34. The average molecular weight is 125 g/mol. The molecule has 0 amide bonds. The zero-order valence-electron chi connectivity index (χ0n) is 4.00. The molecule has 7 heavy (non-hydrogen) atoms. The molecule has 4 nitrogen and oxygen atoms in total. The Labute approximate surface area is 41.8 Å². The fourth-order valence-corrected chi connectivity index (χ4v) is 0.224. The normalized spacial score (nSPS) is 18.7. The lowest BCUT2D eigenvalue weighted by molar-refractivity contribution is 0.269. The highest BCUT2D eigenvalue weighted by Gasteiger charge is 2.12. The van der Waals surface area contributed by atoms with Crippen LogP contribution in [0.5, 0.6) is 0 Å². The molecule has 0 spiro atoms. The van der Waals surface area contributed by atoms with E-state index in [9.17, 15) is 4.57 Å². The molecule has 5 heteroatoms. The van der Waals surface area contributed by atoms with E-state index in [1.165, 1.54) is 6.92 Å². The predicted octanol–water partition coefficient (Wildman–Crippen LogP) is 0.0820. The van der Waals surface area contributed by atoms with Gasteiger partial charge in [0.1, 0.15) is 0 Å². The minimum Gasteiger partial charge on any atom is -0.323 e. The van der Waals surface area contributed by atoms with E-state index < -0.39 is 7.60 Å². The van der Waals surface area contributed by atoms with Crippen molar-refractivity contribution in [3.05, 3.63) is 0 Å². The van der Waals surface area contributed by atoms with Gasteiger partial charge in [-0.25, -0.2) is 10.5 Å². The molecule has 0 aromatic rings. The first-order valence-electron chi connectivity index (χ1n) is 1.82. The van der Waals surface area contributed by atoms with Gasteiger partial charge in [0.2, 0.25) is 0 Å². The summed E-state index contributed by atoms with van der Waals surface area (Å²) < 4.78 is 13.9. The Kier molecular flexibility index (Phi) is 2.46. The van der Waals surface area contributed by atoms with Gasteiger partial charge in [-0.15, -0.1) is 0 Å². The van der Waals surface area contributed by atoms with Gasteiger partial charge in [0.25, 0.3) is 0 Å². The smallest absolute Gasteiger partial charge is 0.323 e. The number of hydrogen-bond acceptors (Lipinski definition) is 3. The first-order valence-corrected chi connectivity index (χ1v) is 3.59. The van der Waals surface area contributed by atoms with Gasteiger partial charge in [0.15, 0.2) is 0 Å². The first kappa shape index (κ1) is 7.11. The molecule has 0 aliphatic carbocycles. The molecular weight excluding hydrogens is 117 g/mol. The highest BCUT2D eigenvalue weighted by atomic mass is 31.2. The van der Waals surface area contributed by atoms with Crippen molar-refractivity contribution in [1.29, 1.82) is 0 Å². The Morgan fingerprint density at radius 2 is 2.43 bits per heavy atom. The van der Waals surface area contributed by atoms with Crippen LogP contribution < -0.4 is 5.90 Å². The van der Waals surface area contributed by atoms with E-state index in [1.807, 2.05) is 0 Å². The quantitative estimate of drug-likeness (QED) is 0.405. The van der Waals surface area contributed by atoms with Gasteiger partial charge < -0.3 is 4.89 Å². The lowest BCUT2D eigenvalue weighted by Crippen LogP contribution is -1.97. The van der Waals surface area contributed by atoms with Gasteiger partial charge >= 0.3 is 7.60 Å². The Balaban J connectivity index is 3.61. The molecule has 0 saturated carbocycles. The van der Waals surface area contributed by atoms with E-state index >= 15 is 0 Å². The van der Waals surface area contributed by atoms with E-state index in [4.69, 9.17) is 4.89 Å². The van der Waals surface area contributed by atoms with Crippen LogP contribution in [-0.2, 0) is 9.19 Å². The van der Waals surface area contributed by atoms with Gasteiger partial charge in [-0.3, -0.25) is 4.57 Å². The molecule has 0 aliphatic heterocycles. The molecule has 0 aliphatic rings.